The van der Waals surface area contributed by atoms with Gasteiger partial charge in [-0.1, -0.05) is 26.7 Å². The molecule has 1 saturated heterocycles. The molecular weight excluding hydrogens is 516 g/mol. The van der Waals surface area contributed by atoms with E-state index in [-0.39, 0.29) is 47.1 Å². The SMILES string of the molecule is C#CCNC(=O)C(CCC1(C)NN1)NC(=O)CC[C@@H](C)[C@H]1CC[C@H]2[C@@H]3CC[C@@H]4C[C@H](O)CC[C@]4(C)[C@H]3CC(O)[C@]12C. The second-order valence-corrected chi connectivity index (χ2v) is 15.1. The summed E-state index contributed by atoms with van der Waals surface area (Å²) in [5.74, 6) is 5.08. The number of aliphatic hydroxyl groups is 2. The summed E-state index contributed by atoms with van der Waals surface area (Å²) in [7, 11) is 0. The van der Waals surface area contributed by atoms with Gasteiger partial charge in [0.1, 0.15) is 6.04 Å². The van der Waals surface area contributed by atoms with Crippen molar-refractivity contribution in [3.05, 3.63) is 0 Å². The maximum atomic E-state index is 13.1. The Morgan fingerprint density at radius 1 is 1.02 bits per heavy atom. The van der Waals surface area contributed by atoms with Gasteiger partial charge in [0.25, 0.3) is 0 Å². The van der Waals surface area contributed by atoms with E-state index in [0.717, 1.165) is 44.9 Å². The van der Waals surface area contributed by atoms with Crippen molar-refractivity contribution in [1.82, 2.24) is 21.5 Å². The number of hydrazine groups is 1. The van der Waals surface area contributed by atoms with Crippen LogP contribution in [-0.4, -0.2) is 52.5 Å². The minimum Gasteiger partial charge on any atom is -0.393 e. The molecule has 5 aliphatic rings. The highest BCUT2D eigenvalue weighted by atomic mass is 16.3. The third kappa shape index (κ3) is 5.94. The molecule has 5 fully saturated rings. The van der Waals surface area contributed by atoms with Gasteiger partial charge in [-0.3, -0.25) is 9.59 Å². The lowest BCUT2D eigenvalue weighted by molar-refractivity contribution is -0.175. The normalized spacial score (nSPS) is 42.0. The quantitative estimate of drug-likeness (QED) is 0.176. The summed E-state index contributed by atoms with van der Waals surface area (Å²) in [4.78, 5) is 25.8. The Labute approximate surface area is 246 Å². The highest BCUT2D eigenvalue weighted by Gasteiger charge is 2.63. The van der Waals surface area contributed by atoms with Gasteiger partial charge in [-0.05, 0) is 124 Å². The molecule has 4 aliphatic carbocycles. The van der Waals surface area contributed by atoms with E-state index >= 15 is 0 Å². The van der Waals surface area contributed by atoms with Crippen molar-refractivity contribution in [3.8, 4) is 12.3 Å². The smallest absolute Gasteiger partial charge is 0.243 e. The lowest BCUT2D eigenvalue weighted by atomic mass is 9.43. The summed E-state index contributed by atoms with van der Waals surface area (Å²) < 4.78 is 0. The van der Waals surface area contributed by atoms with Crippen LogP contribution in [0.3, 0.4) is 0 Å². The van der Waals surface area contributed by atoms with Crippen LogP contribution in [0.4, 0.5) is 0 Å². The molecule has 11 atom stereocenters. The molecule has 1 heterocycles. The summed E-state index contributed by atoms with van der Waals surface area (Å²) in [6.45, 7) is 9.23. The number of aliphatic hydroxyl groups excluding tert-OH is 2. The summed E-state index contributed by atoms with van der Waals surface area (Å²) in [5, 5.41) is 27.9. The monoisotopic (exact) mass is 570 g/mol. The summed E-state index contributed by atoms with van der Waals surface area (Å²) in [6.07, 6.45) is 15.7. The highest BCUT2D eigenvalue weighted by Crippen LogP contribution is 2.68. The first-order valence-electron chi connectivity index (χ1n) is 16.3. The van der Waals surface area contributed by atoms with Crippen molar-refractivity contribution in [2.75, 3.05) is 6.54 Å². The number of terminal acetylenes is 1. The average molecular weight is 571 g/mol. The molecule has 5 rings (SSSR count). The zero-order valence-electron chi connectivity index (χ0n) is 25.7. The third-order valence-corrected chi connectivity index (χ3v) is 12.8. The number of amides is 2. The first-order valence-corrected chi connectivity index (χ1v) is 16.3. The molecule has 2 amide bonds. The van der Waals surface area contributed by atoms with Gasteiger partial charge >= 0.3 is 0 Å². The fourth-order valence-electron chi connectivity index (χ4n) is 10.2. The topological polar surface area (TPSA) is 143 Å². The number of carbonyl (C=O) groups is 2. The Morgan fingerprint density at radius 2 is 1.78 bits per heavy atom. The number of nitrogens with one attached hydrogen (secondary N) is 4. The van der Waals surface area contributed by atoms with Gasteiger partial charge in [0.05, 0.1) is 24.4 Å². The minimum atomic E-state index is -0.616. The van der Waals surface area contributed by atoms with Crippen LogP contribution in [-0.2, 0) is 9.59 Å². The van der Waals surface area contributed by atoms with Crippen LogP contribution in [0.2, 0.25) is 0 Å². The van der Waals surface area contributed by atoms with Crippen LogP contribution in [0.15, 0.2) is 0 Å². The molecular formula is C33H54N4O4. The molecule has 8 nitrogen and oxygen atoms in total. The summed E-state index contributed by atoms with van der Waals surface area (Å²) >= 11 is 0. The summed E-state index contributed by atoms with van der Waals surface area (Å²) in [6, 6.07) is -0.616. The zero-order chi connectivity index (χ0) is 29.6. The van der Waals surface area contributed by atoms with E-state index in [1.807, 2.05) is 6.92 Å². The molecule has 41 heavy (non-hydrogen) atoms. The van der Waals surface area contributed by atoms with E-state index in [1.165, 1.54) is 12.8 Å². The Morgan fingerprint density at radius 3 is 2.49 bits per heavy atom. The molecule has 6 N–H and O–H groups in total. The average Bonchev–Trinajstić information content (AvgIpc) is 3.56. The maximum Gasteiger partial charge on any atom is 0.243 e. The van der Waals surface area contributed by atoms with Crippen LogP contribution in [0.5, 0.6) is 0 Å². The van der Waals surface area contributed by atoms with Gasteiger partial charge in [-0.25, -0.2) is 10.9 Å². The van der Waals surface area contributed by atoms with E-state index < -0.39 is 6.04 Å². The van der Waals surface area contributed by atoms with Crippen molar-refractivity contribution >= 4 is 11.8 Å². The van der Waals surface area contributed by atoms with Gasteiger partial charge in [-0.2, -0.15) is 0 Å². The first kappa shape index (κ1) is 30.8. The van der Waals surface area contributed by atoms with Crippen molar-refractivity contribution in [2.24, 2.45) is 46.3 Å². The van der Waals surface area contributed by atoms with Gasteiger partial charge in [-0.15, -0.1) is 6.42 Å². The predicted octanol–water partition coefficient (Wildman–Crippen LogP) is 3.23. The zero-order valence-corrected chi connectivity index (χ0v) is 25.7. The van der Waals surface area contributed by atoms with Crippen LogP contribution in [0.25, 0.3) is 0 Å². The molecule has 8 heteroatoms. The first-order chi connectivity index (χ1) is 19.4. The van der Waals surface area contributed by atoms with Crippen molar-refractivity contribution in [1.29, 1.82) is 0 Å². The van der Waals surface area contributed by atoms with Crippen molar-refractivity contribution in [3.63, 3.8) is 0 Å². The predicted molar refractivity (Wildman–Crippen MR) is 159 cm³/mol. The molecule has 0 aromatic heterocycles. The lowest BCUT2D eigenvalue weighted by Crippen LogP contribution is -2.58. The fourth-order valence-corrected chi connectivity index (χ4v) is 10.2. The molecule has 0 aromatic carbocycles. The molecule has 2 unspecified atom stereocenters. The highest BCUT2D eigenvalue weighted by molar-refractivity contribution is 5.87. The van der Waals surface area contributed by atoms with Crippen LogP contribution < -0.4 is 21.5 Å². The minimum absolute atomic E-state index is 0.103. The van der Waals surface area contributed by atoms with Crippen LogP contribution in [0.1, 0.15) is 105 Å². The van der Waals surface area contributed by atoms with E-state index in [9.17, 15) is 19.8 Å². The second-order valence-electron chi connectivity index (χ2n) is 15.1. The standard InChI is InChI=1S/C33H54N4O4/c1-6-17-34-30(41)27(14-16-32(4)36-37-32)35-29(40)12-7-20(2)24-10-11-25-23-9-8-21-18-22(38)13-15-31(21,3)26(23)19-28(39)33(24,25)5/h1,20-28,36-39H,7-19H2,2-5H3,(H,34,41)(H,35,40)/t20-,21-,22-,23+,24-,25+,26+,27?,28?,31+,33-/m1/s1. The Bertz CT molecular complexity index is 1030. The Hall–Kier alpha value is -1.66. The van der Waals surface area contributed by atoms with E-state index in [4.69, 9.17) is 6.42 Å². The third-order valence-electron chi connectivity index (χ3n) is 12.8. The summed E-state index contributed by atoms with van der Waals surface area (Å²) in [5.41, 5.74) is 6.09. The van der Waals surface area contributed by atoms with Crippen LogP contribution >= 0.6 is 0 Å². The molecule has 0 spiro atoms. The Balaban J connectivity index is 1.19. The number of hydrogen-bond acceptors (Lipinski definition) is 6. The van der Waals surface area contributed by atoms with Crippen molar-refractivity contribution < 1.29 is 19.8 Å². The molecule has 0 aromatic rings. The number of fused-ring (bicyclic) bond motifs is 5. The van der Waals surface area contributed by atoms with Crippen molar-refractivity contribution in [2.45, 2.75) is 129 Å². The van der Waals surface area contributed by atoms with Gasteiger partial charge in [0, 0.05) is 6.42 Å². The lowest BCUT2D eigenvalue weighted by Gasteiger charge is -2.62. The number of rotatable bonds is 10. The van der Waals surface area contributed by atoms with E-state index in [0.29, 0.717) is 54.8 Å². The van der Waals surface area contributed by atoms with Gasteiger partial charge in [0.2, 0.25) is 11.8 Å². The number of hydrogen-bond donors (Lipinski definition) is 6. The molecule has 1 aliphatic heterocycles. The molecule has 4 saturated carbocycles. The molecule has 0 radical (unpaired) electrons. The van der Waals surface area contributed by atoms with E-state index in [1.54, 1.807) is 0 Å². The molecule has 0 bridgehead atoms. The molecule has 230 valence electrons. The van der Waals surface area contributed by atoms with Gasteiger partial charge < -0.3 is 20.8 Å². The van der Waals surface area contributed by atoms with Gasteiger partial charge in [0.15, 0.2) is 0 Å². The van der Waals surface area contributed by atoms with Crippen LogP contribution in [0, 0.1) is 58.7 Å². The van der Waals surface area contributed by atoms with E-state index in [2.05, 4.69) is 48.2 Å². The Kier molecular flexibility index (Phi) is 8.85. The largest absolute Gasteiger partial charge is 0.393 e. The fraction of sp³-hybridized carbons (Fsp3) is 0.879. The second kappa shape index (κ2) is 11.8. The maximum absolute atomic E-state index is 13.1. The number of carbonyl (C=O) groups excluding carboxylic acids is 2.